The number of nitrogens with one attached hydrogen (secondary N) is 2. The molecule has 2 N–H and O–H groups in total. The molecular formula is C8H13N3O. The predicted octanol–water partition coefficient (Wildman–Crippen LogP) is 0.997. The van der Waals surface area contributed by atoms with Gasteiger partial charge in [0.1, 0.15) is 5.82 Å². The summed E-state index contributed by atoms with van der Waals surface area (Å²) >= 11 is 0. The first-order valence-electron chi connectivity index (χ1n) is 4.02. The molecule has 12 heavy (non-hydrogen) atoms. The van der Waals surface area contributed by atoms with Crippen molar-refractivity contribution in [3.63, 3.8) is 0 Å². The van der Waals surface area contributed by atoms with E-state index >= 15 is 0 Å². The smallest absolute Gasteiger partial charge is 0.220 e. The van der Waals surface area contributed by atoms with Gasteiger partial charge >= 0.3 is 0 Å². The maximum Gasteiger partial charge on any atom is 0.220 e. The molecule has 0 spiro atoms. The SMILES string of the molecule is CCC(=O)NC(C)c1ncc[nH]1. The monoisotopic (exact) mass is 167 g/mol. The molecule has 66 valence electrons. The number of H-pyrrole nitrogens is 1. The Bertz CT molecular complexity index is 243. The molecule has 4 heteroatoms. The van der Waals surface area contributed by atoms with Crippen molar-refractivity contribution in [3.8, 4) is 0 Å². The Kier molecular flexibility index (Phi) is 2.85. The predicted molar refractivity (Wildman–Crippen MR) is 45.4 cm³/mol. The number of aromatic nitrogens is 2. The molecule has 1 heterocycles. The summed E-state index contributed by atoms with van der Waals surface area (Å²) < 4.78 is 0. The Balaban J connectivity index is 2.49. The number of carbonyl (C=O) groups excluding carboxylic acids is 1. The van der Waals surface area contributed by atoms with Crippen LogP contribution in [0.2, 0.25) is 0 Å². The third kappa shape index (κ3) is 2.08. The molecule has 1 unspecified atom stereocenters. The Morgan fingerprint density at radius 3 is 3.08 bits per heavy atom. The Hall–Kier alpha value is -1.32. The maximum atomic E-state index is 11.0. The van der Waals surface area contributed by atoms with Crippen LogP contribution in [0.1, 0.15) is 32.1 Å². The fraction of sp³-hybridized carbons (Fsp3) is 0.500. The van der Waals surface area contributed by atoms with E-state index in [-0.39, 0.29) is 11.9 Å². The fourth-order valence-corrected chi connectivity index (χ4v) is 0.926. The van der Waals surface area contributed by atoms with Crippen LogP contribution in [-0.2, 0) is 4.79 Å². The van der Waals surface area contributed by atoms with Gasteiger partial charge in [-0.3, -0.25) is 4.79 Å². The van der Waals surface area contributed by atoms with Gasteiger partial charge in [-0.05, 0) is 6.92 Å². The number of amides is 1. The number of rotatable bonds is 3. The summed E-state index contributed by atoms with van der Waals surface area (Å²) in [5, 5.41) is 2.80. The zero-order chi connectivity index (χ0) is 8.97. The van der Waals surface area contributed by atoms with Gasteiger partial charge in [0.25, 0.3) is 0 Å². The van der Waals surface area contributed by atoms with E-state index in [9.17, 15) is 4.79 Å². The average Bonchev–Trinajstić information content (AvgIpc) is 2.56. The summed E-state index contributed by atoms with van der Waals surface area (Å²) in [7, 11) is 0. The molecule has 4 nitrogen and oxygen atoms in total. The number of aromatic amines is 1. The van der Waals surface area contributed by atoms with Crippen molar-refractivity contribution < 1.29 is 4.79 Å². The molecule has 1 rings (SSSR count). The highest BCUT2D eigenvalue weighted by atomic mass is 16.1. The van der Waals surface area contributed by atoms with Gasteiger partial charge in [-0.1, -0.05) is 6.92 Å². The molecular weight excluding hydrogens is 154 g/mol. The van der Waals surface area contributed by atoms with Gasteiger partial charge in [-0.2, -0.15) is 0 Å². The standard InChI is InChI=1S/C8H13N3O/c1-3-7(12)11-6(2)8-9-4-5-10-8/h4-6H,3H2,1-2H3,(H,9,10)(H,11,12). The van der Waals surface area contributed by atoms with Crippen molar-refractivity contribution in [2.24, 2.45) is 0 Å². The second-order valence-electron chi connectivity index (χ2n) is 2.62. The molecule has 0 aromatic carbocycles. The Labute approximate surface area is 71.4 Å². The van der Waals surface area contributed by atoms with Crippen molar-refractivity contribution in [1.29, 1.82) is 0 Å². The van der Waals surface area contributed by atoms with Gasteiger partial charge < -0.3 is 10.3 Å². The van der Waals surface area contributed by atoms with Crippen LogP contribution in [-0.4, -0.2) is 15.9 Å². The summed E-state index contributed by atoms with van der Waals surface area (Å²) in [6.07, 6.45) is 3.92. The van der Waals surface area contributed by atoms with Crippen LogP contribution in [0.3, 0.4) is 0 Å². The molecule has 0 aliphatic carbocycles. The van der Waals surface area contributed by atoms with E-state index in [0.717, 1.165) is 5.82 Å². The highest BCUT2D eigenvalue weighted by molar-refractivity contribution is 5.75. The van der Waals surface area contributed by atoms with Crippen LogP contribution in [0.15, 0.2) is 12.4 Å². The van der Waals surface area contributed by atoms with Crippen molar-refractivity contribution in [1.82, 2.24) is 15.3 Å². The lowest BCUT2D eigenvalue weighted by molar-refractivity contribution is -0.121. The number of imidazole rings is 1. The van der Waals surface area contributed by atoms with E-state index in [1.165, 1.54) is 0 Å². The lowest BCUT2D eigenvalue weighted by atomic mass is 10.3. The molecule has 0 bridgehead atoms. The van der Waals surface area contributed by atoms with Gasteiger partial charge in [0.05, 0.1) is 6.04 Å². The van der Waals surface area contributed by atoms with Crippen molar-refractivity contribution in [2.45, 2.75) is 26.3 Å². The molecule has 0 radical (unpaired) electrons. The topological polar surface area (TPSA) is 57.8 Å². The van der Waals surface area contributed by atoms with Crippen LogP contribution in [0, 0.1) is 0 Å². The van der Waals surface area contributed by atoms with E-state index in [4.69, 9.17) is 0 Å². The lowest BCUT2D eigenvalue weighted by Crippen LogP contribution is -2.26. The average molecular weight is 167 g/mol. The summed E-state index contributed by atoms with van der Waals surface area (Å²) in [6, 6.07) is -0.0348. The van der Waals surface area contributed by atoms with E-state index in [2.05, 4.69) is 15.3 Å². The molecule has 0 saturated carbocycles. The van der Waals surface area contributed by atoms with Gasteiger partial charge in [0, 0.05) is 18.8 Å². The first-order chi connectivity index (χ1) is 5.74. The number of hydrogen-bond donors (Lipinski definition) is 2. The molecule has 0 aliphatic rings. The molecule has 1 amide bonds. The summed E-state index contributed by atoms with van der Waals surface area (Å²) in [5.41, 5.74) is 0. The summed E-state index contributed by atoms with van der Waals surface area (Å²) in [4.78, 5) is 17.9. The Morgan fingerprint density at radius 1 is 1.83 bits per heavy atom. The van der Waals surface area contributed by atoms with E-state index in [1.807, 2.05) is 13.8 Å². The van der Waals surface area contributed by atoms with E-state index < -0.39 is 0 Å². The van der Waals surface area contributed by atoms with Crippen molar-refractivity contribution >= 4 is 5.91 Å². The molecule has 1 atom stereocenters. The van der Waals surface area contributed by atoms with Crippen LogP contribution in [0.5, 0.6) is 0 Å². The highest BCUT2D eigenvalue weighted by Gasteiger charge is 2.08. The zero-order valence-corrected chi connectivity index (χ0v) is 7.29. The quantitative estimate of drug-likeness (QED) is 0.705. The minimum atomic E-state index is -0.0348. The van der Waals surface area contributed by atoms with Gasteiger partial charge in [-0.25, -0.2) is 4.98 Å². The first kappa shape index (κ1) is 8.77. The van der Waals surface area contributed by atoms with Crippen molar-refractivity contribution in [2.75, 3.05) is 0 Å². The fourth-order valence-electron chi connectivity index (χ4n) is 0.926. The zero-order valence-electron chi connectivity index (χ0n) is 7.29. The largest absolute Gasteiger partial charge is 0.347 e. The molecule has 0 aliphatic heterocycles. The van der Waals surface area contributed by atoms with Gasteiger partial charge in [-0.15, -0.1) is 0 Å². The highest BCUT2D eigenvalue weighted by Crippen LogP contribution is 2.04. The first-order valence-corrected chi connectivity index (χ1v) is 4.02. The van der Waals surface area contributed by atoms with E-state index in [1.54, 1.807) is 12.4 Å². The molecule has 0 fully saturated rings. The van der Waals surface area contributed by atoms with Crippen LogP contribution < -0.4 is 5.32 Å². The second-order valence-corrected chi connectivity index (χ2v) is 2.62. The third-order valence-electron chi connectivity index (χ3n) is 1.63. The number of hydrogen-bond acceptors (Lipinski definition) is 2. The minimum Gasteiger partial charge on any atom is -0.347 e. The lowest BCUT2D eigenvalue weighted by Gasteiger charge is -2.09. The minimum absolute atomic E-state index is 0.0348. The van der Waals surface area contributed by atoms with Crippen LogP contribution in [0.4, 0.5) is 0 Å². The van der Waals surface area contributed by atoms with E-state index in [0.29, 0.717) is 6.42 Å². The van der Waals surface area contributed by atoms with Crippen LogP contribution >= 0.6 is 0 Å². The van der Waals surface area contributed by atoms with Crippen molar-refractivity contribution in [3.05, 3.63) is 18.2 Å². The molecule has 0 saturated heterocycles. The summed E-state index contributed by atoms with van der Waals surface area (Å²) in [6.45, 7) is 3.72. The van der Waals surface area contributed by atoms with Crippen LogP contribution in [0.25, 0.3) is 0 Å². The normalized spacial score (nSPS) is 12.5. The maximum absolute atomic E-state index is 11.0. The second kappa shape index (κ2) is 3.90. The van der Waals surface area contributed by atoms with Gasteiger partial charge in [0.15, 0.2) is 0 Å². The number of carbonyl (C=O) groups is 1. The molecule has 1 aromatic heterocycles. The molecule has 1 aromatic rings. The Morgan fingerprint density at radius 2 is 2.58 bits per heavy atom. The number of nitrogens with zero attached hydrogens (tertiary/aromatic N) is 1. The summed E-state index contributed by atoms with van der Waals surface area (Å²) in [5.74, 6) is 0.829. The third-order valence-corrected chi connectivity index (χ3v) is 1.63. The van der Waals surface area contributed by atoms with Gasteiger partial charge in [0.2, 0.25) is 5.91 Å².